The summed E-state index contributed by atoms with van der Waals surface area (Å²) in [7, 11) is 0. The van der Waals surface area contributed by atoms with Gasteiger partial charge in [0.25, 0.3) is 0 Å². The zero-order valence-electron chi connectivity index (χ0n) is 8.83. The smallest absolute Gasteiger partial charge is 0.0424 e. The third-order valence-corrected chi connectivity index (χ3v) is 3.07. The molecule has 1 atom stereocenters. The molecule has 1 aliphatic rings. The Balaban J connectivity index is 0.00000128. The summed E-state index contributed by atoms with van der Waals surface area (Å²) < 4.78 is 0. The quantitative estimate of drug-likeness (QED) is 0.903. The van der Waals surface area contributed by atoms with Crippen LogP contribution in [0.2, 0.25) is 10.0 Å². The van der Waals surface area contributed by atoms with Crippen molar-refractivity contribution in [3.05, 3.63) is 33.8 Å². The molecule has 0 amide bonds. The Hall–Kier alpha value is 0.01000. The number of hydrogen-bond acceptors (Lipinski definition) is 2. The number of hydrogen-bond donors (Lipinski definition) is 1. The van der Waals surface area contributed by atoms with Gasteiger partial charge in [0.05, 0.1) is 0 Å². The summed E-state index contributed by atoms with van der Waals surface area (Å²) >= 11 is 11.9. The van der Waals surface area contributed by atoms with E-state index in [0.29, 0.717) is 16.1 Å². The minimum Gasteiger partial charge on any atom is -0.326 e. The maximum Gasteiger partial charge on any atom is 0.0424 e. The van der Waals surface area contributed by atoms with E-state index < -0.39 is 0 Å². The summed E-state index contributed by atoms with van der Waals surface area (Å²) in [6.07, 6.45) is 1.08. The van der Waals surface area contributed by atoms with Gasteiger partial charge in [-0.3, -0.25) is 4.90 Å². The van der Waals surface area contributed by atoms with Crippen molar-refractivity contribution < 1.29 is 0 Å². The van der Waals surface area contributed by atoms with Gasteiger partial charge in [-0.05, 0) is 30.2 Å². The van der Waals surface area contributed by atoms with Crippen LogP contribution in [-0.2, 0) is 6.54 Å². The van der Waals surface area contributed by atoms with Crippen molar-refractivity contribution in [2.45, 2.75) is 19.0 Å². The summed E-state index contributed by atoms with van der Waals surface area (Å²) in [6, 6.07) is 5.98. The van der Waals surface area contributed by atoms with Crippen LogP contribution >= 0.6 is 35.6 Å². The van der Waals surface area contributed by atoms with Gasteiger partial charge in [-0.2, -0.15) is 0 Å². The molecule has 0 bridgehead atoms. The predicted octanol–water partition coefficient (Wildman–Crippen LogP) is 2.95. The van der Waals surface area contributed by atoms with Gasteiger partial charge in [0.1, 0.15) is 0 Å². The van der Waals surface area contributed by atoms with E-state index in [2.05, 4.69) is 4.90 Å². The maximum atomic E-state index is 5.94. The summed E-state index contributed by atoms with van der Waals surface area (Å²) in [5.74, 6) is 0. The Labute approximate surface area is 112 Å². The molecule has 0 unspecified atom stereocenters. The molecule has 2 N–H and O–H groups in total. The maximum absolute atomic E-state index is 5.94. The number of likely N-dealkylation sites (tertiary alicyclic amines) is 1. The van der Waals surface area contributed by atoms with E-state index in [4.69, 9.17) is 28.9 Å². The van der Waals surface area contributed by atoms with Gasteiger partial charge >= 0.3 is 0 Å². The highest BCUT2D eigenvalue weighted by molar-refractivity contribution is 6.34. The molecule has 0 radical (unpaired) electrons. The third-order valence-electron chi connectivity index (χ3n) is 2.64. The molecule has 0 aromatic heterocycles. The average Bonchev–Trinajstić information content (AvgIpc) is 2.49. The Morgan fingerprint density at radius 3 is 2.38 bits per heavy atom. The molecule has 0 spiro atoms. The van der Waals surface area contributed by atoms with Gasteiger partial charge in [-0.25, -0.2) is 0 Å². The van der Waals surface area contributed by atoms with E-state index in [0.717, 1.165) is 31.6 Å². The second kappa shape index (κ2) is 6.08. The summed E-state index contributed by atoms with van der Waals surface area (Å²) in [5, 5.41) is 1.39. The largest absolute Gasteiger partial charge is 0.326 e. The van der Waals surface area contributed by atoms with Crippen LogP contribution < -0.4 is 5.73 Å². The molecule has 2 nitrogen and oxygen atoms in total. The molecule has 1 heterocycles. The lowest BCUT2D eigenvalue weighted by atomic mass is 10.2. The molecule has 0 saturated carbocycles. The zero-order chi connectivity index (χ0) is 10.8. The molecule has 1 aliphatic heterocycles. The van der Waals surface area contributed by atoms with E-state index in [1.807, 2.05) is 12.1 Å². The number of rotatable bonds is 2. The number of benzene rings is 1. The lowest BCUT2D eigenvalue weighted by Crippen LogP contribution is -2.26. The molecule has 1 fully saturated rings. The first-order valence-corrected chi connectivity index (χ1v) is 5.82. The molecule has 1 aromatic rings. The average molecular weight is 282 g/mol. The van der Waals surface area contributed by atoms with Gasteiger partial charge in [0.15, 0.2) is 0 Å². The fourth-order valence-electron chi connectivity index (χ4n) is 1.97. The normalized spacial score (nSPS) is 20.8. The Morgan fingerprint density at radius 1 is 1.25 bits per heavy atom. The van der Waals surface area contributed by atoms with E-state index in [1.165, 1.54) is 0 Å². The summed E-state index contributed by atoms with van der Waals surface area (Å²) in [4.78, 5) is 2.33. The Kier molecular flexibility index (Phi) is 5.35. The second-order valence-electron chi connectivity index (χ2n) is 4.06. The van der Waals surface area contributed by atoms with Crippen molar-refractivity contribution in [3.8, 4) is 0 Å². The van der Waals surface area contributed by atoms with Crippen LogP contribution in [0.1, 0.15) is 12.0 Å². The molecule has 1 aromatic carbocycles. The topological polar surface area (TPSA) is 29.3 Å². The fraction of sp³-hybridized carbons (Fsp3) is 0.455. The van der Waals surface area contributed by atoms with E-state index >= 15 is 0 Å². The van der Waals surface area contributed by atoms with Crippen molar-refractivity contribution in [3.63, 3.8) is 0 Å². The van der Waals surface area contributed by atoms with Crippen LogP contribution in [0.5, 0.6) is 0 Å². The predicted molar refractivity (Wildman–Crippen MR) is 71.6 cm³/mol. The summed E-state index contributed by atoms with van der Waals surface area (Å²) in [6.45, 7) is 2.91. The highest BCUT2D eigenvalue weighted by atomic mass is 35.5. The van der Waals surface area contributed by atoms with Crippen LogP contribution in [0.4, 0.5) is 0 Å². The van der Waals surface area contributed by atoms with Crippen LogP contribution in [-0.4, -0.2) is 24.0 Å². The molecule has 90 valence electrons. The first-order valence-electron chi connectivity index (χ1n) is 5.06. The van der Waals surface area contributed by atoms with Crippen LogP contribution in [0.3, 0.4) is 0 Å². The Morgan fingerprint density at radius 2 is 1.88 bits per heavy atom. The van der Waals surface area contributed by atoms with Gasteiger partial charge in [-0.1, -0.05) is 23.2 Å². The van der Waals surface area contributed by atoms with Gasteiger partial charge < -0.3 is 5.73 Å². The monoisotopic (exact) mass is 280 g/mol. The highest BCUT2D eigenvalue weighted by Gasteiger charge is 2.18. The van der Waals surface area contributed by atoms with Crippen molar-refractivity contribution >= 4 is 35.6 Å². The van der Waals surface area contributed by atoms with E-state index in [1.54, 1.807) is 6.07 Å². The van der Waals surface area contributed by atoms with Crippen LogP contribution in [0, 0.1) is 0 Å². The third kappa shape index (κ3) is 3.79. The molecule has 16 heavy (non-hydrogen) atoms. The number of nitrogens with two attached hydrogens (primary N) is 1. The fourth-order valence-corrected chi connectivity index (χ4v) is 2.54. The molecule has 5 heteroatoms. The zero-order valence-corrected chi connectivity index (χ0v) is 11.2. The minimum atomic E-state index is 0. The molecular weight excluding hydrogens is 266 g/mol. The second-order valence-corrected chi connectivity index (χ2v) is 4.93. The lowest BCUT2D eigenvalue weighted by molar-refractivity contribution is 0.327. The molecule has 2 rings (SSSR count). The summed E-state index contributed by atoms with van der Waals surface area (Å²) in [5.41, 5.74) is 7.00. The molecular formula is C11H15Cl3N2. The first-order chi connectivity index (χ1) is 7.13. The van der Waals surface area contributed by atoms with Crippen molar-refractivity contribution in [2.75, 3.05) is 13.1 Å². The molecule has 0 aliphatic carbocycles. The van der Waals surface area contributed by atoms with Gasteiger partial charge in [-0.15, -0.1) is 12.4 Å². The number of halogens is 3. The van der Waals surface area contributed by atoms with Gasteiger partial charge in [0, 0.05) is 35.7 Å². The van der Waals surface area contributed by atoms with Crippen molar-refractivity contribution in [1.82, 2.24) is 4.90 Å². The SMILES string of the molecule is Cl.N[C@@H]1CCN(Cc2cc(Cl)cc(Cl)c2)C1. The minimum absolute atomic E-state index is 0. The van der Waals surface area contributed by atoms with E-state index in [-0.39, 0.29) is 12.4 Å². The van der Waals surface area contributed by atoms with Gasteiger partial charge in [0.2, 0.25) is 0 Å². The highest BCUT2D eigenvalue weighted by Crippen LogP contribution is 2.21. The molecule has 1 saturated heterocycles. The van der Waals surface area contributed by atoms with E-state index in [9.17, 15) is 0 Å². The van der Waals surface area contributed by atoms with Crippen LogP contribution in [0.15, 0.2) is 18.2 Å². The lowest BCUT2D eigenvalue weighted by Gasteiger charge is -2.15. The Bertz CT molecular complexity index is 337. The van der Waals surface area contributed by atoms with Crippen molar-refractivity contribution in [2.24, 2.45) is 5.73 Å². The van der Waals surface area contributed by atoms with Crippen molar-refractivity contribution in [1.29, 1.82) is 0 Å². The van der Waals surface area contributed by atoms with Crippen LogP contribution in [0.25, 0.3) is 0 Å². The standard InChI is InChI=1S/C11H14Cl2N2.ClH/c12-9-3-8(4-10(13)5-9)6-15-2-1-11(14)7-15;/h3-5,11H,1-2,6-7,14H2;1H/t11-;/m1./s1. The number of nitrogens with zero attached hydrogens (tertiary/aromatic N) is 1. The first kappa shape index (κ1) is 14.1.